The molecular formula is C18H14N4O. The normalized spacial score (nSPS) is 13.3. The Balaban J connectivity index is 2.07. The van der Waals surface area contributed by atoms with Gasteiger partial charge in [0.15, 0.2) is 11.6 Å². The van der Waals surface area contributed by atoms with Crippen LogP contribution >= 0.6 is 0 Å². The molecule has 5 heteroatoms. The number of aromatic nitrogens is 2. The van der Waals surface area contributed by atoms with Crippen LogP contribution in [0.4, 0.5) is 23.0 Å². The highest BCUT2D eigenvalue weighted by Gasteiger charge is 2.31. The fourth-order valence-corrected chi connectivity index (χ4v) is 2.78. The van der Waals surface area contributed by atoms with Gasteiger partial charge in [-0.1, -0.05) is 18.2 Å². The summed E-state index contributed by atoms with van der Waals surface area (Å²) >= 11 is 0. The molecule has 0 radical (unpaired) electrons. The van der Waals surface area contributed by atoms with Crippen LogP contribution in [0.25, 0.3) is 0 Å². The van der Waals surface area contributed by atoms with Crippen molar-refractivity contribution in [2.45, 2.75) is 0 Å². The molecule has 0 unspecified atom stereocenters. The van der Waals surface area contributed by atoms with E-state index in [2.05, 4.69) is 9.97 Å². The SMILES string of the molecule is CN1C(=O)c2cccnc2N(c2ccccc2)c2ncccc21. The smallest absolute Gasteiger partial charge is 0.261 e. The average Bonchev–Trinajstić information content (AvgIpc) is 2.71. The minimum Gasteiger partial charge on any atom is -0.308 e. The standard InChI is InChI=1S/C18H14N4O/c1-21-15-10-6-12-20-17(15)22(13-7-3-2-4-8-13)16-14(18(21)23)9-5-11-19-16/h2-12H,1H3. The van der Waals surface area contributed by atoms with E-state index in [1.54, 1.807) is 36.5 Å². The van der Waals surface area contributed by atoms with Crippen LogP contribution in [0, 0.1) is 0 Å². The summed E-state index contributed by atoms with van der Waals surface area (Å²) in [6.07, 6.45) is 3.41. The Morgan fingerprint density at radius 3 is 2.30 bits per heavy atom. The first-order valence-electron chi connectivity index (χ1n) is 7.30. The van der Waals surface area contributed by atoms with E-state index in [9.17, 15) is 4.79 Å². The van der Waals surface area contributed by atoms with Crippen molar-refractivity contribution >= 4 is 28.9 Å². The van der Waals surface area contributed by atoms with Gasteiger partial charge in [-0.05, 0) is 36.4 Å². The molecule has 1 amide bonds. The maximum atomic E-state index is 12.8. The molecule has 0 saturated heterocycles. The zero-order valence-electron chi connectivity index (χ0n) is 12.5. The van der Waals surface area contributed by atoms with Gasteiger partial charge in [-0.25, -0.2) is 9.97 Å². The lowest BCUT2D eigenvalue weighted by Gasteiger charge is -2.24. The molecule has 1 aliphatic rings. The number of carbonyl (C=O) groups is 1. The predicted octanol–water partition coefficient (Wildman–Crippen LogP) is 3.54. The molecule has 0 fully saturated rings. The fraction of sp³-hybridized carbons (Fsp3) is 0.0556. The molecule has 5 nitrogen and oxygen atoms in total. The number of pyridine rings is 2. The first-order chi connectivity index (χ1) is 11.3. The van der Waals surface area contributed by atoms with Crippen LogP contribution in [-0.4, -0.2) is 22.9 Å². The van der Waals surface area contributed by atoms with Crippen molar-refractivity contribution in [1.82, 2.24) is 9.97 Å². The number of benzene rings is 1. The van der Waals surface area contributed by atoms with Gasteiger partial charge in [0.2, 0.25) is 0 Å². The first-order valence-corrected chi connectivity index (χ1v) is 7.30. The van der Waals surface area contributed by atoms with E-state index < -0.39 is 0 Å². The monoisotopic (exact) mass is 302 g/mol. The summed E-state index contributed by atoms with van der Waals surface area (Å²) in [4.78, 5) is 25.3. The molecule has 0 spiro atoms. The highest BCUT2D eigenvalue weighted by Crippen LogP contribution is 2.41. The minimum absolute atomic E-state index is 0.0965. The Kier molecular flexibility index (Phi) is 3.05. The lowest BCUT2D eigenvalue weighted by atomic mass is 10.2. The molecular weight excluding hydrogens is 288 g/mol. The van der Waals surface area contributed by atoms with E-state index in [0.717, 1.165) is 11.4 Å². The first kappa shape index (κ1) is 13.5. The summed E-state index contributed by atoms with van der Waals surface area (Å²) in [5.41, 5.74) is 2.21. The number of para-hydroxylation sites is 1. The van der Waals surface area contributed by atoms with Crippen molar-refractivity contribution in [2.24, 2.45) is 0 Å². The van der Waals surface area contributed by atoms with E-state index >= 15 is 0 Å². The average molecular weight is 302 g/mol. The number of carbonyl (C=O) groups excluding carboxylic acids is 1. The third-order valence-electron chi connectivity index (χ3n) is 3.89. The number of amides is 1. The number of nitrogens with zero attached hydrogens (tertiary/aromatic N) is 4. The second-order valence-corrected chi connectivity index (χ2v) is 5.26. The molecule has 112 valence electrons. The van der Waals surface area contributed by atoms with Crippen LogP contribution < -0.4 is 9.80 Å². The van der Waals surface area contributed by atoms with E-state index in [4.69, 9.17) is 0 Å². The predicted molar refractivity (Wildman–Crippen MR) is 89.4 cm³/mol. The van der Waals surface area contributed by atoms with Gasteiger partial charge in [-0.15, -0.1) is 0 Å². The van der Waals surface area contributed by atoms with Crippen LogP contribution in [0.3, 0.4) is 0 Å². The van der Waals surface area contributed by atoms with Gasteiger partial charge in [-0.2, -0.15) is 0 Å². The summed E-state index contributed by atoms with van der Waals surface area (Å²) in [5.74, 6) is 1.18. The Morgan fingerprint density at radius 1 is 0.826 bits per heavy atom. The van der Waals surface area contributed by atoms with Crippen molar-refractivity contribution in [3.05, 3.63) is 72.6 Å². The Labute approximate surface area is 133 Å². The second kappa shape index (κ2) is 5.21. The van der Waals surface area contributed by atoms with Crippen LogP contribution in [0.2, 0.25) is 0 Å². The van der Waals surface area contributed by atoms with Crippen LogP contribution in [-0.2, 0) is 0 Å². The molecule has 0 N–H and O–H groups in total. The van der Waals surface area contributed by atoms with Gasteiger partial charge in [-0.3, -0.25) is 9.69 Å². The van der Waals surface area contributed by atoms with Gasteiger partial charge in [0.25, 0.3) is 5.91 Å². The fourth-order valence-electron chi connectivity index (χ4n) is 2.78. The number of hydrogen-bond acceptors (Lipinski definition) is 4. The van der Waals surface area contributed by atoms with E-state index in [-0.39, 0.29) is 5.91 Å². The number of anilines is 4. The lowest BCUT2D eigenvalue weighted by Crippen LogP contribution is -2.25. The quantitative estimate of drug-likeness (QED) is 0.690. The van der Waals surface area contributed by atoms with Gasteiger partial charge in [0.05, 0.1) is 11.3 Å². The maximum Gasteiger partial charge on any atom is 0.261 e. The highest BCUT2D eigenvalue weighted by molar-refractivity contribution is 6.13. The van der Waals surface area contributed by atoms with Crippen molar-refractivity contribution in [3.8, 4) is 0 Å². The van der Waals surface area contributed by atoms with Crippen LogP contribution in [0.15, 0.2) is 67.0 Å². The lowest BCUT2D eigenvalue weighted by molar-refractivity contribution is 0.0994. The second-order valence-electron chi connectivity index (χ2n) is 5.26. The summed E-state index contributed by atoms with van der Waals surface area (Å²) in [6, 6.07) is 17.1. The summed E-state index contributed by atoms with van der Waals surface area (Å²) < 4.78 is 0. The van der Waals surface area contributed by atoms with Gasteiger partial charge in [0, 0.05) is 25.1 Å². The molecule has 3 heterocycles. The molecule has 0 aliphatic carbocycles. The largest absolute Gasteiger partial charge is 0.308 e. The Morgan fingerprint density at radius 2 is 1.52 bits per heavy atom. The third kappa shape index (κ3) is 2.05. The molecule has 0 bridgehead atoms. The van der Waals surface area contributed by atoms with E-state index in [1.165, 1.54) is 0 Å². The van der Waals surface area contributed by atoms with E-state index in [1.807, 2.05) is 47.4 Å². The Bertz CT molecular complexity index is 879. The summed E-state index contributed by atoms with van der Waals surface area (Å²) in [7, 11) is 1.76. The summed E-state index contributed by atoms with van der Waals surface area (Å²) in [5, 5.41) is 0. The zero-order chi connectivity index (χ0) is 15.8. The number of fused-ring (bicyclic) bond motifs is 2. The molecule has 1 aromatic carbocycles. The van der Waals surface area contributed by atoms with Crippen molar-refractivity contribution in [3.63, 3.8) is 0 Å². The molecule has 23 heavy (non-hydrogen) atoms. The van der Waals surface area contributed by atoms with Gasteiger partial charge >= 0.3 is 0 Å². The van der Waals surface area contributed by atoms with Crippen molar-refractivity contribution in [2.75, 3.05) is 16.8 Å². The highest BCUT2D eigenvalue weighted by atomic mass is 16.2. The molecule has 2 aromatic heterocycles. The summed E-state index contributed by atoms with van der Waals surface area (Å²) in [6.45, 7) is 0. The molecule has 1 aliphatic heterocycles. The number of hydrogen-bond donors (Lipinski definition) is 0. The Hall–Kier alpha value is -3.21. The van der Waals surface area contributed by atoms with Gasteiger partial charge < -0.3 is 4.90 Å². The zero-order valence-corrected chi connectivity index (χ0v) is 12.5. The maximum absolute atomic E-state index is 12.8. The van der Waals surface area contributed by atoms with Crippen LogP contribution in [0.1, 0.15) is 10.4 Å². The van der Waals surface area contributed by atoms with Crippen molar-refractivity contribution < 1.29 is 4.79 Å². The van der Waals surface area contributed by atoms with Crippen molar-refractivity contribution in [1.29, 1.82) is 0 Å². The molecule has 0 atom stereocenters. The molecule has 0 saturated carbocycles. The molecule has 3 aromatic rings. The third-order valence-corrected chi connectivity index (χ3v) is 3.89. The minimum atomic E-state index is -0.0965. The van der Waals surface area contributed by atoms with Gasteiger partial charge in [0.1, 0.15) is 0 Å². The molecule has 4 rings (SSSR count). The number of rotatable bonds is 1. The topological polar surface area (TPSA) is 49.3 Å². The van der Waals surface area contributed by atoms with Crippen LogP contribution in [0.5, 0.6) is 0 Å². The van der Waals surface area contributed by atoms with E-state index in [0.29, 0.717) is 17.2 Å².